The number of rotatable bonds is 5. The average Bonchev–Trinajstić information content (AvgIpc) is 2.62. The van der Waals surface area contributed by atoms with Gasteiger partial charge in [0.25, 0.3) is 11.1 Å². The number of nitrogens with zero attached hydrogens (tertiary/aromatic N) is 1. The normalized spacial score (nSPS) is 12.2. The van der Waals surface area contributed by atoms with E-state index in [1.54, 1.807) is 45.3 Å². The molecule has 150 valence electrons. The van der Waals surface area contributed by atoms with Crippen molar-refractivity contribution < 1.29 is 14.3 Å². The summed E-state index contributed by atoms with van der Waals surface area (Å²) in [5.41, 5.74) is 1.82. The third kappa shape index (κ3) is 6.30. The van der Waals surface area contributed by atoms with Crippen LogP contribution < -0.4 is 10.1 Å². The summed E-state index contributed by atoms with van der Waals surface area (Å²) in [5.74, 6) is 0.440. The van der Waals surface area contributed by atoms with Gasteiger partial charge in [-0.05, 0) is 66.1 Å². The van der Waals surface area contributed by atoms with E-state index in [9.17, 15) is 9.59 Å². The lowest BCUT2D eigenvalue weighted by Crippen LogP contribution is -2.30. The molecule has 6 heteroatoms. The second-order valence-corrected chi connectivity index (χ2v) is 8.84. The van der Waals surface area contributed by atoms with E-state index in [2.05, 4.69) is 32.2 Å². The van der Waals surface area contributed by atoms with Crippen LogP contribution in [-0.4, -0.2) is 36.2 Å². The van der Waals surface area contributed by atoms with Crippen LogP contribution in [0.15, 0.2) is 53.4 Å². The first-order valence-corrected chi connectivity index (χ1v) is 9.95. The Bertz CT molecular complexity index is 826. The molecule has 1 atom stereocenters. The molecule has 0 fully saturated rings. The lowest BCUT2D eigenvalue weighted by molar-refractivity contribution is -0.122. The minimum absolute atomic E-state index is 0.0125. The maximum absolute atomic E-state index is 12.4. The van der Waals surface area contributed by atoms with Gasteiger partial charge in [0.05, 0.1) is 0 Å². The summed E-state index contributed by atoms with van der Waals surface area (Å²) in [5, 5.41) is 2.80. The Kier molecular flexibility index (Phi) is 7.13. The summed E-state index contributed by atoms with van der Waals surface area (Å²) in [6.07, 6.45) is -0.639. The second-order valence-electron chi connectivity index (χ2n) is 7.81. The summed E-state index contributed by atoms with van der Waals surface area (Å²) in [7, 11) is 3.42. The Balaban J connectivity index is 1.96. The SMILES string of the molecule is CC(Oc1cccc(C(C)(C)C)c1)C(=O)Nc1ccc(SC(=O)N(C)C)cc1. The molecule has 0 aromatic heterocycles. The molecule has 2 aromatic carbocycles. The minimum Gasteiger partial charge on any atom is -0.481 e. The monoisotopic (exact) mass is 400 g/mol. The van der Waals surface area contributed by atoms with Crippen molar-refractivity contribution in [3.8, 4) is 5.75 Å². The molecule has 1 N–H and O–H groups in total. The van der Waals surface area contributed by atoms with Gasteiger partial charge in [-0.3, -0.25) is 9.59 Å². The predicted molar refractivity (Wildman–Crippen MR) is 115 cm³/mol. The van der Waals surface area contributed by atoms with Crippen LogP contribution in [0.5, 0.6) is 5.75 Å². The minimum atomic E-state index is -0.639. The highest BCUT2D eigenvalue weighted by Gasteiger charge is 2.18. The number of amides is 2. The fourth-order valence-corrected chi connectivity index (χ4v) is 2.99. The van der Waals surface area contributed by atoms with Gasteiger partial charge in [-0.2, -0.15) is 0 Å². The maximum atomic E-state index is 12.4. The van der Waals surface area contributed by atoms with E-state index in [1.807, 2.05) is 18.2 Å². The third-order valence-corrected chi connectivity index (χ3v) is 5.12. The van der Waals surface area contributed by atoms with Gasteiger partial charge in [-0.15, -0.1) is 0 Å². The summed E-state index contributed by atoms with van der Waals surface area (Å²) in [6, 6.07) is 15.0. The number of carbonyl (C=O) groups excluding carboxylic acids is 2. The molecule has 1 unspecified atom stereocenters. The first-order valence-electron chi connectivity index (χ1n) is 9.13. The Morgan fingerprint density at radius 1 is 1.07 bits per heavy atom. The predicted octanol–water partition coefficient (Wildman–Crippen LogP) is 5.16. The third-order valence-electron chi connectivity index (χ3n) is 4.07. The van der Waals surface area contributed by atoms with Crippen LogP contribution in [0.2, 0.25) is 0 Å². The summed E-state index contributed by atoms with van der Waals surface area (Å²) >= 11 is 1.14. The summed E-state index contributed by atoms with van der Waals surface area (Å²) in [4.78, 5) is 26.5. The first kappa shape index (κ1) is 21.8. The molecule has 0 saturated heterocycles. The van der Waals surface area contributed by atoms with Gasteiger partial charge >= 0.3 is 0 Å². The van der Waals surface area contributed by atoms with Gasteiger partial charge < -0.3 is 15.0 Å². The molecule has 2 rings (SSSR count). The van der Waals surface area contributed by atoms with Crippen LogP contribution in [0.25, 0.3) is 0 Å². The number of thioether (sulfide) groups is 1. The van der Waals surface area contributed by atoms with Crippen molar-refractivity contribution in [2.24, 2.45) is 0 Å². The van der Waals surface area contributed by atoms with Crippen molar-refractivity contribution in [3.63, 3.8) is 0 Å². The van der Waals surface area contributed by atoms with Crippen LogP contribution in [0.1, 0.15) is 33.3 Å². The van der Waals surface area contributed by atoms with Crippen LogP contribution in [0.4, 0.5) is 10.5 Å². The highest BCUT2D eigenvalue weighted by atomic mass is 32.2. The van der Waals surface area contributed by atoms with Gasteiger partial charge in [0, 0.05) is 24.7 Å². The molecule has 0 bridgehead atoms. The molecular formula is C22H28N2O3S. The topological polar surface area (TPSA) is 58.6 Å². The van der Waals surface area contributed by atoms with Gasteiger partial charge in [-0.1, -0.05) is 32.9 Å². The van der Waals surface area contributed by atoms with Gasteiger partial charge in [-0.25, -0.2) is 0 Å². The molecule has 5 nitrogen and oxygen atoms in total. The van der Waals surface area contributed by atoms with Crippen molar-refractivity contribution in [1.82, 2.24) is 4.90 Å². The van der Waals surface area contributed by atoms with Crippen LogP contribution >= 0.6 is 11.8 Å². The van der Waals surface area contributed by atoms with Crippen molar-refractivity contribution in [1.29, 1.82) is 0 Å². The van der Waals surface area contributed by atoms with E-state index in [-0.39, 0.29) is 16.6 Å². The smallest absolute Gasteiger partial charge is 0.285 e. The van der Waals surface area contributed by atoms with Crippen molar-refractivity contribution in [2.45, 2.75) is 44.1 Å². The van der Waals surface area contributed by atoms with Crippen molar-refractivity contribution in [3.05, 3.63) is 54.1 Å². The second kappa shape index (κ2) is 9.15. The zero-order chi connectivity index (χ0) is 20.9. The average molecular weight is 401 g/mol. The zero-order valence-corrected chi connectivity index (χ0v) is 18.1. The Morgan fingerprint density at radius 3 is 2.29 bits per heavy atom. The molecule has 2 aromatic rings. The first-order chi connectivity index (χ1) is 13.1. The standard InChI is InChI=1S/C22H28N2O3S/c1-15(27-18-9-7-8-16(14-18)22(2,3)4)20(25)23-17-10-12-19(13-11-17)28-21(26)24(5)6/h7-15H,1-6H3,(H,23,25). The molecule has 28 heavy (non-hydrogen) atoms. The molecule has 0 aliphatic rings. The number of anilines is 1. The largest absolute Gasteiger partial charge is 0.481 e. The molecule has 0 radical (unpaired) electrons. The highest BCUT2D eigenvalue weighted by molar-refractivity contribution is 8.13. The Labute approximate surface area is 171 Å². The van der Waals surface area contributed by atoms with Gasteiger partial charge in [0.2, 0.25) is 0 Å². The lowest BCUT2D eigenvalue weighted by Gasteiger charge is -2.21. The van der Waals surface area contributed by atoms with Crippen LogP contribution in [0, 0.1) is 0 Å². The highest BCUT2D eigenvalue weighted by Crippen LogP contribution is 2.26. The Hall–Kier alpha value is -2.47. The van der Waals surface area contributed by atoms with E-state index in [4.69, 9.17) is 4.74 Å². The number of hydrogen-bond donors (Lipinski definition) is 1. The van der Waals surface area contributed by atoms with Gasteiger partial charge in [0.1, 0.15) is 5.75 Å². The van der Waals surface area contributed by atoms with E-state index in [1.165, 1.54) is 4.90 Å². The molecular weight excluding hydrogens is 372 g/mol. The molecule has 0 aliphatic heterocycles. The van der Waals surface area contributed by atoms with E-state index < -0.39 is 6.10 Å². The molecule has 2 amide bonds. The summed E-state index contributed by atoms with van der Waals surface area (Å²) < 4.78 is 5.82. The quantitative estimate of drug-likeness (QED) is 0.704. The summed E-state index contributed by atoms with van der Waals surface area (Å²) in [6.45, 7) is 8.13. The number of benzene rings is 2. The maximum Gasteiger partial charge on any atom is 0.285 e. The number of ether oxygens (including phenoxy) is 1. The van der Waals surface area contributed by atoms with E-state index >= 15 is 0 Å². The molecule has 0 spiro atoms. The van der Waals surface area contributed by atoms with E-state index in [0.29, 0.717) is 11.4 Å². The molecule has 0 aliphatic carbocycles. The fraction of sp³-hybridized carbons (Fsp3) is 0.364. The van der Waals surface area contributed by atoms with Crippen LogP contribution in [-0.2, 0) is 10.2 Å². The molecule has 0 saturated carbocycles. The fourth-order valence-electron chi connectivity index (χ4n) is 2.34. The number of hydrogen-bond acceptors (Lipinski definition) is 4. The van der Waals surface area contributed by atoms with Crippen LogP contribution in [0.3, 0.4) is 0 Å². The zero-order valence-electron chi connectivity index (χ0n) is 17.3. The van der Waals surface area contributed by atoms with E-state index in [0.717, 1.165) is 22.2 Å². The van der Waals surface area contributed by atoms with Crippen molar-refractivity contribution >= 4 is 28.6 Å². The van der Waals surface area contributed by atoms with Gasteiger partial charge in [0.15, 0.2) is 6.10 Å². The number of nitrogens with one attached hydrogen (secondary N) is 1. The molecule has 0 heterocycles. The Morgan fingerprint density at radius 2 is 1.71 bits per heavy atom. The lowest BCUT2D eigenvalue weighted by atomic mass is 9.87. The van der Waals surface area contributed by atoms with Crippen molar-refractivity contribution in [2.75, 3.05) is 19.4 Å². The number of carbonyl (C=O) groups is 2.